The van der Waals surface area contributed by atoms with Gasteiger partial charge >= 0.3 is 0 Å². The van der Waals surface area contributed by atoms with Crippen LogP contribution in [-0.2, 0) is 17.6 Å². The van der Waals surface area contributed by atoms with E-state index in [4.69, 9.17) is 4.98 Å². The Morgan fingerprint density at radius 3 is 2.93 bits per heavy atom. The Labute approximate surface area is 167 Å². The number of piperidine rings is 1. The van der Waals surface area contributed by atoms with E-state index >= 15 is 0 Å². The van der Waals surface area contributed by atoms with Crippen LogP contribution in [0.25, 0.3) is 10.2 Å². The molecule has 1 N–H and O–H groups in total. The molecule has 27 heavy (non-hydrogen) atoms. The number of aromatic amines is 1. The molecule has 1 fully saturated rings. The number of H-pyrrole nitrogens is 1. The highest BCUT2D eigenvalue weighted by Gasteiger charge is 2.24. The lowest BCUT2D eigenvalue weighted by molar-refractivity contribution is -0.129. The summed E-state index contributed by atoms with van der Waals surface area (Å²) in [4.78, 5) is 37.1. The molecule has 0 radical (unpaired) electrons. The molecule has 146 valence electrons. The van der Waals surface area contributed by atoms with Crippen molar-refractivity contribution >= 4 is 39.2 Å². The summed E-state index contributed by atoms with van der Waals surface area (Å²) in [6.07, 6.45) is 6.63. The molecule has 3 heterocycles. The number of carbonyl (C=O) groups is 1. The average Bonchev–Trinajstić information content (AvgIpc) is 3.04. The lowest BCUT2D eigenvalue weighted by Crippen LogP contribution is -2.36. The number of thiophene rings is 1. The molecule has 5 nitrogen and oxygen atoms in total. The van der Waals surface area contributed by atoms with Gasteiger partial charge in [0.1, 0.15) is 10.7 Å². The van der Waals surface area contributed by atoms with Gasteiger partial charge in [0.25, 0.3) is 5.56 Å². The molecule has 1 aliphatic heterocycles. The first-order valence-corrected chi connectivity index (χ1v) is 11.8. The van der Waals surface area contributed by atoms with Gasteiger partial charge in [0.2, 0.25) is 5.91 Å². The SMILES string of the molecule is C[C@@H]1CCc2c(sc3nc([C@@H](C)SCC(=O)N4CCCCC4)[nH]c(=O)c23)C1. The van der Waals surface area contributed by atoms with Crippen LogP contribution in [0.5, 0.6) is 0 Å². The Bertz CT molecular complexity index is 898. The number of aryl methyl sites for hydroxylation is 1. The number of hydrogen-bond donors (Lipinski definition) is 1. The first-order chi connectivity index (χ1) is 13.0. The van der Waals surface area contributed by atoms with Gasteiger partial charge in [-0.25, -0.2) is 4.98 Å². The van der Waals surface area contributed by atoms with Crippen LogP contribution in [0.1, 0.15) is 61.0 Å². The number of likely N-dealkylation sites (tertiary alicyclic amines) is 1. The van der Waals surface area contributed by atoms with Gasteiger partial charge in [-0.3, -0.25) is 9.59 Å². The zero-order valence-electron chi connectivity index (χ0n) is 16.0. The van der Waals surface area contributed by atoms with Crippen molar-refractivity contribution in [1.82, 2.24) is 14.9 Å². The molecule has 7 heteroatoms. The maximum Gasteiger partial charge on any atom is 0.259 e. The third-order valence-electron chi connectivity index (χ3n) is 5.73. The summed E-state index contributed by atoms with van der Waals surface area (Å²) < 4.78 is 0. The maximum atomic E-state index is 12.7. The summed E-state index contributed by atoms with van der Waals surface area (Å²) in [6.45, 7) is 6.06. The highest BCUT2D eigenvalue weighted by molar-refractivity contribution is 8.00. The van der Waals surface area contributed by atoms with E-state index in [-0.39, 0.29) is 16.7 Å². The van der Waals surface area contributed by atoms with E-state index in [2.05, 4.69) is 11.9 Å². The third-order valence-corrected chi connectivity index (χ3v) is 8.02. The highest BCUT2D eigenvalue weighted by Crippen LogP contribution is 2.36. The van der Waals surface area contributed by atoms with Gasteiger partial charge in [0.15, 0.2) is 0 Å². The Balaban J connectivity index is 1.50. The molecular weight excluding hydrogens is 378 g/mol. The molecule has 1 amide bonds. The minimum Gasteiger partial charge on any atom is -0.342 e. The quantitative estimate of drug-likeness (QED) is 0.837. The second-order valence-electron chi connectivity index (χ2n) is 7.88. The van der Waals surface area contributed by atoms with Gasteiger partial charge in [-0.2, -0.15) is 0 Å². The molecule has 0 aromatic carbocycles. The Morgan fingerprint density at radius 2 is 2.15 bits per heavy atom. The number of rotatable bonds is 4. The van der Waals surface area contributed by atoms with Gasteiger partial charge < -0.3 is 9.88 Å². The summed E-state index contributed by atoms with van der Waals surface area (Å²) >= 11 is 3.25. The molecule has 2 aromatic rings. The number of carbonyl (C=O) groups excluding carboxylic acids is 1. The zero-order valence-corrected chi connectivity index (χ0v) is 17.7. The molecule has 0 spiro atoms. The van der Waals surface area contributed by atoms with Crippen LogP contribution in [0.3, 0.4) is 0 Å². The van der Waals surface area contributed by atoms with Crippen LogP contribution in [0.4, 0.5) is 0 Å². The molecule has 2 atom stereocenters. The van der Waals surface area contributed by atoms with Crippen LogP contribution in [0, 0.1) is 5.92 Å². The molecule has 1 saturated heterocycles. The van der Waals surface area contributed by atoms with E-state index in [1.807, 2.05) is 11.8 Å². The van der Waals surface area contributed by atoms with E-state index in [0.29, 0.717) is 17.5 Å². The molecule has 2 aromatic heterocycles. The normalized spacial score (nSPS) is 21.3. The summed E-state index contributed by atoms with van der Waals surface area (Å²) in [6, 6.07) is 0. The van der Waals surface area contributed by atoms with Gasteiger partial charge in [0, 0.05) is 18.0 Å². The van der Waals surface area contributed by atoms with Gasteiger partial charge in [-0.15, -0.1) is 23.1 Å². The fourth-order valence-corrected chi connectivity index (χ4v) is 6.30. The number of thioether (sulfide) groups is 1. The first-order valence-electron chi connectivity index (χ1n) is 9.96. The smallest absolute Gasteiger partial charge is 0.259 e. The molecular formula is C20H27N3O2S2. The fourth-order valence-electron chi connectivity index (χ4n) is 4.07. The molecule has 2 aliphatic rings. The van der Waals surface area contributed by atoms with Gasteiger partial charge in [-0.1, -0.05) is 6.92 Å². The van der Waals surface area contributed by atoms with E-state index in [0.717, 1.165) is 55.4 Å². The van der Waals surface area contributed by atoms with Gasteiger partial charge in [-0.05, 0) is 56.9 Å². The lowest BCUT2D eigenvalue weighted by Gasteiger charge is -2.26. The molecule has 0 bridgehead atoms. The van der Waals surface area contributed by atoms with Crippen LogP contribution < -0.4 is 5.56 Å². The van der Waals surface area contributed by atoms with Crippen molar-refractivity contribution in [2.45, 2.75) is 57.6 Å². The fraction of sp³-hybridized carbons (Fsp3) is 0.650. The Morgan fingerprint density at radius 1 is 1.37 bits per heavy atom. The predicted molar refractivity (Wildman–Crippen MR) is 113 cm³/mol. The topological polar surface area (TPSA) is 66.1 Å². The average molecular weight is 406 g/mol. The number of amides is 1. The maximum absolute atomic E-state index is 12.7. The second kappa shape index (κ2) is 7.95. The van der Waals surface area contributed by atoms with Crippen molar-refractivity contribution in [3.63, 3.8) is 0 Å². The lowest BCUT2D eigenvalue weighted by atomic mass is 9.89. The summed E-state index contributed by atoms with van der Waals surface area (Å²) in [7, 11) is 0. The number of aromatic nitrogens is 2. The standard InChI is InChI=1S/C20H27N3O2S2/c1-12-6-7-14-15(10-12)27-20-17(14)19(25)21-18(22-20)13(2)26-11-16(24)23-8-4-3-5-9-23/h12-13H,3-11H2,1-2H3,(H,21,22,25)/t12-,13-/m1/s1. The largest absolute Gasteiger partial charge is 0.342 e. The van der Waals surface area contributed by atoms with Crippen LogP contribution in [-0.4, -0.2) is 39.6 Å². The van der Waals surface area contributed by atoms with Crippen LogP contribution >= 0.6 is 23.1 Å². The molecule has 1 aliphatic carbocycles. The van der Waals surface area contributed by atoms with Crippen molar-refractivity contribution in [3.05, 3.63) is 26.6 Å². The molecule has 0 unspecified atom stereocenters. The monoisotopic (exact) mass is 405 g/mol. The minimum atomic E-state index is -0.0168. The zero-order chi connectivity index (χ0) is 19.0. The van der Waals surface area contributed by atoms with Crippen molar-refractivity contribution < 1.29 is 4.79 Å². The molecule has 0 saturated carbocycles. The van der Waals surface area contributed by atoms with Crippen molar-refractivity contribution in [1.29, 1.82) is 0 Å². The molecule has 4 rings (SSSR count). The minimum absolute atomic E-state index is 0.00566. The number of hydrogen-bond acceptors (Lipinski definition) is 5. The number of nitrogens with zero attached hydrogens (tertiary/aromatic N) is 2. The van der Waals surface area contributed by atoms with E-state index in [1.165, 1.54) is 16.9 Å². The first kappa shape index (κ1) is 19.0. The number of nitrogens with one attached hydrogen (secondary N) is 1. The van der Waals surface area contributed by atoms with Gasteiger partial charge in [0.05, 0.1) is 16.4 Å². The van der Waals surface area contributed by atoms with Crippen molar-refractivity contribution in [2.75, 3.05) is 18.8 Å². The van der Waals surface area contributed by atoms with Crippen molar-refractivity contribution in [2.24, 2.45) is 5.92 Å². The van der Waals surface area contributed by atoms with Crippen LogP contribution in [0.15, 0.2) is 4.79 Å². The summed E-state index contributed by atoms with van der Waals surface area (Å²) in [5, 5.41) is 0.793. The van der Waals surface area contributed by atoms with E-state index < -0.39 is 0 Å². The van der Waals surface area contributed by atoms with E-state index in [1.54, 1.807) is 23.1 Å². The number of fused-ring (bicyclic) bond motifs is 3. The third kappa shape index (κ3) is 3.94. The van der Waals surface area contributed by atoms with E-state index in [9.17, 15) is 9.59 Å². The second-order valence-corrected chi connectivity index (χ2v) is 10.3. The summed E-state index contributed by atoms with van der Waals surface area (Å²) in [5.41, 5.74) is 1.20. The van der Waals surface area contributed by atoms with Crippen molar-refractivity contribution in [3.8, 4) is 0 Å². The Kier molecular flexibility index (Phi) is 5.60. The Hall–Kier alpha value is -1.34. The highest BCUT2D eigenvalue weighted by atomic mass is 32.2. The predicted octanol–water partition coefficient (Wildman–Crippen LogP) is 3.92. The van der Waals surface area contributed by atoms with Crippen LogP contribution in [0.2, 0.25) is 0 Å². The summed E-state index contributed by atoms with van der Waals surface area (Å²) in [5.74, 6) is 2.02.